The molecule has 1 aromatic heterocycles. The maximum atomic E-state index is 14.4. The second kappa shape index (κ2) is 16.8. The minimum atomic E-state index is -1.15. The van der Waals surface area contributed by atoms with Gasteiger partial charge in [-0.3, -0.25) is 14.3 Å². The van der Waals surface area contributed by atoms with Crippen molar-refractivity contribution in [1.29, 1.82) is 0 Å². The summed E-state index contributed by atoms with van der Waals surface area (Å²) in [5.74, 6) is 0.140. The molecule has 1 N–H and O–H groups in total. The molecule has 1 atom stereocenters. The van der Waals surface area contributed by atoms with Crippen molar-refractivity contribution in [2.45, 2.75) is 72.1 Å². The lowest BCUT2D eigenvalue weighted by Crippen LogP contribution is -2.41. The molecular weight excluding hydrogens is 628 g/mol. The molecule has 0 aliphatic rings. The number of amides is 2. The van der Waals surface area contributed by atoms with E-state index in [4.69, 9.17) is 9.72 Å². The standard InChI is InChI=1S/C41H46N4O5/c1-5-8-20-37-42-35-23-22-33(44(41(49)43(4)7-3)27-29-16-11-9-12-17-29)26-34(35)39(46)45(37)28-30-21-24-36(32(25-30)15-6-2)50-38(40(47)48)31-18-13-10-14-19-31/h9-14,16-19,21-26,38H,5-8,15,20,27-28H2,1-4H3,(H,47,48). The first kappa shape index (κ1) is 35.9. The molecule has 0 saturated heterocycles. The Balaban J connectivity index is 1.54. The van der Waals surface area contributed by atoms with Crippen molar-refractivity contribution in [1.82, 2.24) is 14.5 Å². The number of benzene rings is 4. The number of carboxylic acid groups (broad SMARTS) is 1. The third kappa shape index (κ3) is 8.40. The van der Waals surface area contributed by atoms with E-state index in [-0.39, 0.29) is 18.1 Å². The van der Waals surface area contributed by atoms with E-state index in [0.29, 0.717) is 59.7 Å². The fourth-order valence-electron chi connectivity index (χ4n) is 6.00. The van der Waals surface area contributed by atoms with E-state index in [1.807, 2.05) is 67.6 Å². The second-order valence-electron chi connectivity index (χ2n) is 12.5. The highest BCUT2D eigenvalue weighted by Crippen LogP contribution is 2.29. The average molecular weight is 675 g/mol. The highest BCUT2D eigenvalue weighted by atomic mass is 16.5. The number of carbonyl (C=O) groups excluding carboxylic acids is 1. The Kier molecular flexibility index (Phi) is 12.0. The quantitative estimate of drug-likeness (QED) is 0.121. The summed E-state index contributed by atoms with van der Waals surface area (Å²) in [6.07, 6.45) is 2.83. The number of aromatic nitrogens is 2. The van der Waals surface area contributed by atoms with Crippen LogP contribution in [0.3, 0.4) is 0 Å². The summed E-state index contributed by atoms with van der Waals surface area (Å²) in [6, 6.07) is 29.7. The summed E-state index contributed by atoms with van der Waals surface area (Å²) in [5, 5.41) is 10.4. The average Bonchev–Trinajstić information content (AvgIpc) is 3.14. The Bertz CT molecular complexity index is 1980. The van der Waals surface area contributed by atoms with Crippen molar-refractivity contribution in [2.75, 3.05) is 18.5 Å². The number of unbranched alkanes of at least 4 members (excludes halogenated alkanes) is 1. The van der Waals surface area contributed by atoms with Gasteiger partial charge in [-0.2, -0.15) is 0 Å². The van der Waals surface area contributed by atoms with Crippen LogP contribution in [0, 0.1) is 0 Å². The molecule has 1 heterocycles. The van der Waals surface area contributed by atoms with E-state index in [9.17, 15) is 19.5 Å². The maximum absolute atomic E-state index is 14.4. The van der Waals surface area contributed by atoms with Gasteiger partial charge in [0.05, 0.1) is 24.0 Å². The van der Waals surface area contributed by atoms with Gasteiger partial charge in [0.25, 0.3) is 5.56 Å². The van der Waals surface area contributed by atoms with Gasteiger partial charge in [-0.1, -0.05) is 99.5 Å². The lowest BCUT2D eigenvalue weighted by atomic mass is 10.0. The van der Waals surface area contributed by atoms with Gasteiger partial charge in [-0.15, -0.1) is 0 Å². The van der Waals surface area contributed by atoms with Gasteiger partial charge in [0.1, 0.15) is 11.6 Å². The van der Waals surface area contributed by atoms with Crippen LogP contribution in [0.2, 0.25) is 0 Å². The number of urea groups is 1. The summed E-state index contributed by atoms with van der Waals surface area (Å²) in [5.41, 5.74) is 4.34. The number of rotatable bonds is 15. The predicted octanol–water partition coefficient (Wildman–Crippen LogP) is 8.02. The number of anilines is 1. The summed E-state index contributed by atoms with van der Waals surface area (Å²) in [4.78, 5) is 48.5. The van der Waals surface area contributed by atoms with E-state index in [0.717, 1.165) is 36.0 Å². The first-order valence-electron chi connectivity index (χ1n) is 17.4. The van der Waals surface area contributed by atoms with Crippen molar-refractivity contribution in [3.63, 3.8) is 0 Å². The van der Waals surface area contributed by atoms with Crippen LogP contribution < -0.4 is 15.2 Å². The minimum absolute atomic E-state index is 0.160. The van der Waals surface area contributed by atoms with E-state index in [1.54, 1.807) is 57.8 Å². The number of aliphatic carboxylic acids is 1. The molecule has 0 fully saturated rings. The number of carbonyl (C=O) groups is 2. The van der Waals surface area contributed by atoms with Crippen LogP contribution in [0.4, 0.5) is 10.5 Å². The summed E-state index contributed by atoms with van der Waals surface area (Å²) in [7, 11) is 1.77. The lowest BCUT2D eigenvalue weighted by molar-refractivity contribution is -0.145. The SMILES string of the molecule is CCCCc1nc2ccc(N(Cc3ccccc3)C(=O)N(C)CC)cc2c(=O)n1Cc1ccc(OC(C(=O)O)c2ccccc2)c(CCC)c1. The van der Waals surface area contributed by atoms with Crippen molar-refractivity contribution in [3.8, 4) is 5.75 Å². The summed E-state index contributed by atoms with van der Waals surface area (Å²) >= 11 is 0. The Morgan fingerprint density at radius 3 is 2.24 bits per heavy atom. The molecule has 9 nitrogen and oxygen atoms in total. The summed E-state index contributed by atoms with van der Waals surface area (Å²) < 4.78 is 7.85. The lowest BCUT2D eigenvalue weighted by Gasteiger charge is -2.28. The highest BCUT2D eigenvalue weighted by Gasteiger charge is 2.24. The fraction of sp³-hybridized carbons (Fsp3) is 0.317. The van der Waals surface area contributed by atoms with Crippen molar-refractivity contribution < 1.29 is 19.4 Å². The smallest absolute Gasteiger partial charge is 0.349 e. The number of aryl methyl sites for hydroxylation is 2. The molecule has 5 aromatic rings. The van der Waals surface area contributed by atoms with Crippen LogP contribution in [-0.2, 0) is 30.7 Å². The number of hydrogen-bond donors (Lipinski definition) is 1. The zero-order valence-electron chi connectivity index (χ0n) is 29.3. The van der Waals surface area contributed by atoms with Gasteiger partial charge >= 0.3 is 12.0 Å². The highest BCUT2D eigenvalue weighted by molar-refractivity contribution is 5.94. The molecule has 1 unspecified atom stereocenters. The molecule has 2 amide bonds. The molecule has 0 aliphatic heterocycles. The Morgan fingerprint density at radius 2 is 1.58 bits per heavy atom. The molecule has 9 heteroatoms. The van der Waals surface area contributed by atoms with Crippen molar-refractivity contribution in [2.24, 2.45) is 0 Å². The third-order valence-corrected chi connectivity index (χ3v) is 8.85. The van der Waals surface area contributed by atoms with E-state index in [2.05, 4.69) is 13.8 Å². The van der Waals surface area contributed by atoms with Crippen LogP contribution in [-0.4, -0.2) is 45.2 Å². The molecule has 0 spiro atoms. The normalized spacial score (nSPS) is 11.7. The van der Waals surface area contributed by atoms with Crippen molar-refractivity contribution >= 4 is 28.6 Å². The fourth-order valence-corrected chi connectivity index (χ4v) is 6.00. The number of fused-ring (bicyclic) bond motifs is 1. The second-order valence-corrected chi connectivity index (χ2v) is 12.5. The first-order valence-corrected chi connectivity index (χ1v) is 17.4. The molecule has 0 saturated carbocycles. The Morgan fingerprint density at radius 1 is 0.860 bits per heavy atom. The van der Waals surface area contributed by atoms with Gasteiger partial charge in [-0.05, 0) is 60.7 Å². The van der Waals surface area contributed by atoms with E-state index < -0.39 is 12.1 Å². The van der Waals surface area contributed by atoms with Gasteiger partial charge in [-0.25, -0.2) is 14.6 Å². The van der Waals surface area contributed by atoms with E-state index >= 15 is 0 Å². The Labute approximate surface area is 293 Å². The van der Waals surface area contributed by atoms with Crippen molar-refractivity contribution in [3.05, 3.63) is 135 Å². The number of hydrogen-bond acceptors (Lipinski definition) is 5. The molecular formula is C41H46N4O5. The van der Waals surface area contributed by atoms with Crippen LogP contribution in [0.5, 0.6) is 5.75 Å². The summed E-state index contributed by atoms with van der Waals surface area (Å²) in [6.45, 7) is 7.28. The first-order chi connectivity index (χ1) is 24.2. The molecule has 5 rings (SSSR count). The molecule has 50 heavy (non-hydrogen) atoms. The molecule has 0 aliphatic carbocycles. The molecule has 0 radical (unpaired) electrons. The van der Waals surface area contributed by atoms with Crippen LogP contribution in [0.15, 0.2) is 102 Å². The molecule has 0 bridgehead atoms. The van der Waals surface area contributed by atoms with Gasteiger partial charge in [0.2, 0.25) is 6.10 Å². The number of ether oxygens (including phenoxy) is 1. The van der Waals surface area contributed by atoms with E-state index in [1.165, 1.54) is 0 Å². The maximum Gasteiger partial charge on any atom is 0.349 e. The Hall–Kier alpha value is -5.44. The minimum Gasteiger partial charge on any atom is -0.478 e. The monoisotopic (exact) mass is 674 g/mol. The molecule has 260 valence electrons. The van der Waals surface area contributed by atoms with Gasteiger partial charge in [0.15, 0.2) is 0 Å². The zero-order valence-corrected chi connectivity index (χ0v) is 29.3. The number of carboxylic acids is 1. The molecule has 4 aromatic carbocycles. The van der Waals surface area contributed by atoms with Crippen LogP contribution >= 0.6 is 0 Å². The van der Waals surface area contributed by atoms with Crippen LogP contribution in [0.1, 0.15) is 74.2 Å². The van der Waals surface area contributed by atoms with Crippen LogP contribution in [0.25, 0.3) is 10.9 Å². The third-order valence-electron chi connectivity index (χ3n) is 8.85. The predicted molar refractivity (Wildman–Crippen MR) is 198 cm³/mol. The topological polar surface area (TPSA) is 105 Å². The largest absolute Gasteiger partial charge is 0.478 e. The zero-order chi connectivity index (χ0) is 35.6. The van der Waals surface area contributed by atoms with Gasteiger partial charge < -0.3 is 14.7 Å². The number of nitrogens with zero attached hydrogens (tertiary/aromatic N) is 4. The van der Waals surface area contributed by atoms with Gasteiger partial charge in [0, 0.05) is 31.3 Å².